The van der Waals surface area contributed by atoms with Gasteiger partial charge in [0.1, 0.15) is 11.5 Å². The maximum Gasteiger partial charge on any atom is 0.329 e. The fraction of sp³-hybridized carbons (Fsp3) is 0.208. The molecule has 32 heavy (non-hydrogen) atoms. The Morgan fingerprint density at radius 2 is 1.72 bits per heavy atom. The van der Waals surface area contributed by atoms with Gasteiger partial charge in [-0.05, 0) is 50.6 Å². The van der Waals surface area contributed by atoms with Crippen molar-refractivity contribution in [3.63, 3.8) is 0 Å². The van der Waals surface area contributed by atoms with E-state index < -0.39 is 11.8 Å². The number of aromatic nitrogens is 1. The lowest BCUT2D eigenvalue weighted by molar-refractivity contribution is -0.136. The van der Waals surface area contributed by atoms with Gasteiger partial charge < -0.3 is 19.4 Å². The minimum absolute atomic E-state index is 0.346. The zero-order valence-corrected chi connectivity index (χ0v) is 18.7. The number of methoxy groups -OCH3 is 2. The second-order valence-corrected chi connectivity index (χ2v) is 7.17. The molecule has 0 saturated heterocycles. The first-order valence-electron chi connectivity index (χ1n) is 9.97. The Morgan fingerprint density at radius 3 is 2.41 bits per heavy atom. The summed E-state index contributed by atoms with van der Waals surface area (Å²) in [5.41, 5.74) is 7.69. The molecule has 2 amide bonds. The molecule has 2 aromatic carbocycles. The van der Waals surface area contributed by atoms with Crippen molar-refractivity contribution in [2.45, 2.75) is 20.8 Å². The topological polar surface area (TPSA) is 94.0 Å². The van der Waals surface area contributed by atoms with Crippen LogP contribution in [0.15, 0.2) is 53.6 Å². The predicted molar refractivity (Wildman–Crippen MR) is 124 cm³/mol. The first kappa shape index (κ1) is 22.6. The van der Waals surface area contributed by atoms with E-state index in [-0.39, 0.29) is 0 Å². The molecule has 0 spiro atoms. The SMILES string of the molecule is COc1ccc(NC(=O)C(=O)N/N=C\c2cc(C)n(-c3ccccc3C)c2C)c(OC)c1. The number of amides is 2. The molecule has 3 rings (SSSR count). The number of aryl methyl sites for hydroxylation is 2. The zero-order valence-electron chi connectivity index (χ0n) is 18.7. The van der Waals surface area contributed by atoms with Gasteiger partial charge in [0.15, 0.2) is 0 Å². The number of para-hydroxylation sites is 1. The van der Waals surface area contributed by atoms with E-state index in [1.165, 1.54) is 20.4 Å². The highest BCUT2D eigenvalue weighted by atomic mass is 16.5. The van der Waals surface area contributed by atoms with Crippen molar-refractivity contribution in [2.24, 2.45) is 5.10 Å². The molecule has 0 aliphatic carbocycles. The molecule has 0 aliphatic rings. The maximum atomic E-state index is 12.2. The number of carbonyl (C=O) groups is 2. The lowest BCUT2D eigenvalue weighted by Crippen LogP contribution is -2.32. The summed E-state index contributed by atoms with van der Waals surface area (Å²) in [5, 5.41) is 6.46. The van der Waals surface area contributed by atoms with Crippen molar-refractivity contribution in [3.8, 4) is 17.2 Å². The van der Waals surface area contributed by atoms with Gasteiger partial charge in [-0.15, -0.1) is 0 Å². The fourth-order valence-corrected chi connectivity index (χ4v) is 3.40. The Hall–Kier alpha value is -4.07. The van der Waals surface area contributed by atoms with E-state index in [2.05, 4.69) is 39.5 Å². The van der Waals surface area contributed by atoms with Crippen LogP contribution in [0.5, 0.6) is 11.5 Å². The Balaban J connectivity index is 1.69. The van der Waals surface area contributed by atoms with E-state index in [1.54, 1.807) is 18.2 Å². The van der Waals surface area contributed by atoms with Gasteiger partial charge in [-0.3, -0.25) is 9.59 Å². The molecule has 0 unspecified atom stereocenters. The van der Waals surface area contributed by atoms with E-state index in [0.717, 1.165) is 28.2 Å². The first-order chi connectivity index (χ1) is 15.3. The number of hydrazone groups is 1. The molecule has 3 aromatic rings. The van der Waals surface area contributed by atoms with E-state index in [1.807, 2.05) is 32.0 Å². The Bertz CT molecular complexity index is 1180. The quantitative estimate of drug-likeness (QED) is 0.353. The minimum atomic E-state index is -0.896. The van der Waals surface area contributed by atoms with Crippen LogP contribution in [0.25, 0.3) is 5.69 Å². The van der Waals surface area contributed by atoms with Gasteiger partial charge in [0.05, 0.1) is 26.1 Å². The molecule has 0 radical (unpaired) electrons. The van der Waals surface area contributed by atoms with Gasteiger partial charge >= 0.3 is 11.8 Å². The number of rotatable bonds is 6. The van der Waals surface area contributed by atoms with Crippen molar-refractivity contribution in [1.82, 2.24) is 9.99 Å². The van der Waals surface area contributed by atoms with Gasteiger partial charge in [-0.1, -0.05) is 18.2 Å². The number of ether oxygens (including phenoxy) is 2. The number of anilines is 1. The summed E-state index contributed by atoms with van der Waals surface area (Å²) in [4.78, 5) is 24.4. The number of nitrogens with one attached hydrogen (secondary N) is 2. The van der Waals surface area contributed by atoms with Gasteiger partial charge in [-0.25, -0.2) is 5.43 Å². The van der Waals surface area contributed by atoms with E-state index in [4.69, 9.17) is 9.47 Å². The van der Waals surface area contributed by atoms with Crippen LogP contribution >= 0.6 is 0 Å². The Labute approximate surface area is 186 Å². The van der Waals surface area contributed by atoms with Crippen LogP contribution in [0.1, 0.15) is 22.5 Å². The number of carbonyl (C=O) groups excluding carboxylic acids is 2. The summed E-state index contributed by atoms with van der Waals surface area (Å²) in [6.07, 6.45) is 1.52. The van der Waals surface area contributed by atoms with Crippen LogP contribution in [-0.2, 0) is 9.59 Å². The Kier molecular flexibility index (Phi) is 6.94. The van der Waals surface area contributed by atoms with Crippen LogP contribution in [0.2, 0.25) is 0 Å². The normalized spacial score (nSPS) is 10.8. The summed E-state index contributed by atoms with van der Waals surface area (Å²) < 4.78 is 12.5. The minimum Gasteiger partial charge on any atom is -0.497 e. The van der Waals surface area contributed by atoms with Crippen LogP contribution in [-0.4, -0.2) is 36.8 Å². The van der Waals surface area contributed by atoms with Crippen LogP contribution in [0.3, 0.4) is 0 Å². The van der Waals surface area contributed by atoms with Gasteiger partial charge in [0, 0.05) is 28.7 Å². The molecule has 1 aromatic heterocycles. The highest BCUT2D eigenvalue weighted by molar-refractivity contribution is 6.39. The van der Waals surface area contributed by atoms with Crippen LogP contribution in [0, 0.1) is 20.8 Å². The largest absolute Gasteiger partial charge is 0.497 e. The molecule has 166 valence electrons. The van der Waals surface area contributed by atoms with Crippen molar-refractivity contribution in [2.75, 3.05) is 19.5 Å². The molecule has 0 aliphatic heterocycles. The van der Waals surface area contributed by atoms with Gasteiger partial charge in [0.25, 0.3) is 0 Å². The van der Waals surface area contributed by atoms with E-state index in [9.17, 15) is 9.59 Å². The first-order valence-corrected chi connectivity index (χ1v) is 9.97. The van der Waals surface area contributed by atoms with Crippen molar-refractivity contribution in [1.29, 1.82) is 0 Å². The summed E-state index contributed by atoms with van der Waals surface area (Å²) in [7, 11) is 2.99. The maximum absolute atomic E-state index is 12.2. The summed E-state index contributed by atoms with van der Waals surface area (Å²) in [6.45, 7) is 6.04. The van der Waals surface area contributed by atoms with Crippen LogP contribution in [0.4, 0.5) is 5.69 Å². The van der Waals surface area contributed by atoms with E-state index in [0.29, 0.717) is 17.2 Å². The summed E-state index contributed by atoms with van der Waals surface area (Å²) >= 11 is 0. The number of nitrogens with zero attached hydrogens (tertiary/aromatic N) is 2. The Morgan fingerprint density at radius 1 is 0.969 bits per heavy atom. The molecule has 2 N–H and O–H groups in total. The number of hydrogen-bond donors (Lipinski definition) is 2. The molecule has 0 bridgehead atoms. The third-order valence-electron chi connectivity index (χ3n) is 5.06. The summed E-state index contributed by atoms with van der Waals surface area (Å²) in [6, 6.07) is 14.9. The predicted octanol–water partition coefficient (Wildman–Crippen LogP) is 3.51. The monoisotopic (exact) mass is 434 g/mol. The second-order valence-electron chi connectivity index (χ2n) is 7.17. The molecule has 8 nitrogen and oxygen atoms in total. The molecular weight excluding hydrogens is 408 g/mol. The second kappa shape index (κ2) is 9.82. The van der Waals surface area contributed by atoms with Crippen molar-refractivity contribution >= 4 is 23.7 Å². The number of benzene rings is 2. The number of hydrogen-bond acceptors (Lipinski definition) is 5. The zero-order chi connectivity index (χ0) is 23.3. The fourth-order valence-electron chi connectivity index (χ4n) is 3.40. The average molecular weight is 434 g/mol. The average Bonchev–Trinajstić information content (AvgIpc) is 3.07. The highest BCUT2D eigenvalue weighted by Crippen LogP contribution is 2.29. The lowest BCUT2D eigenvalue weighted by atomic mass is 10.2. The molecule has 8 heteroatoms. The molecule has 0 atom stereocenters. The van der Waals surface area contributed by atoms with E-state index >= 15 is 0 Å². The third kappa shape index (κ3) is 4.80. The van der Waals surface area contributed by atoms with Gasteiger partial charge in [0.2, 0.25) is 0 Å². The summed E-state index contributed by atoms with van der Waals surface area (Å²) in [5.74, 6) is -0.822. The smallest absolute Gasteiger partial charge is 0.329 e. The van der Waals surface area contributed by atoms with Crippen molar-refractivity contribution in [3.05, 3.63) is 71.0 Å². The van der Waals surface area contributed by atoms with Crippen LogP contribution < -0.4 is 20.2 Å². The van der Waals surface area contributed by atoms with Crippen molar-refractivity contribution < 1.29 is 19.1 Å². The van der Waals surface area contributed by atoms with Gasteiger partial charge in [-0.2, -0.15) is 5.10 Å². The molecule has 1 heterocycles. The standard InChI is InChI=1S/C24H26N4O4/c1-15-8-6-7-9-21(15)28-16(2)12-18(17(28)3)14-25-27-24(30)23(29)26-20-11-10-19(31-4)13-22(20)32-5/h6-14H,1-5H3,(H,26,29)(H,27,30)/b25-14-. The molecule has 0 saturated carbocycles. The third-order valence-corrected chi connectivity index (χ3v) is 5.06. The molecule has 0 fully saturated rings. The lowest BCUT2D eigenvalue weighted by Gasteiger charge is -2.12. The molecular formula is C24H26N4O4. The highest BCUT2D eigenvalue weighted by Gasteiger charge is 2.16.